The fraction of sp³-hybridized carbons (Fsp3) is 0.955. The molecule has 0 heterocycles. The molecular weight excluding hydrogens is 312 g/mol. The van der Waals surface area contributed by atoms with Crippen LogP contribution in [0.2, 0.25) is 0 Å². The van der Waals surface area contributed by atoms with Gasteiger partial charge in [0.15, 0.2) is 0 Å². The topological polar surface area (TPSA) is 46.5 Å². The monoisotopic (exact) mass is 348 g/mol. The summed E-state index contributed by atoms with van der Waals surface area (Å²) >= 11 is 0. The first-order valence-electron chi connectivity index (χ1n) is 10.6. The van der Waals surface area contributed by atoms with E-state index < -0.39 is 5.60 Å². The van der Waals surface area contributed by atoms with Gasteiger partial charge >= 0.3 is 0 Å². The molecule has 142 valence electrons. The number of hydrogen-bond acceptors (Lipinski definition) is 3. The Kier molecular flexibility index (Phi) is 4.56. The number of carbonyl (C=O) groups is 1. The van der Waals surface area contributed by atoms with E-state index in [0.717, 1.165) is 42.9 Å². The normalized spacial score (nSPS) is 52.2. The molecule has 4 fully saturated rings. The average Bonchev–Trinajstić information content (AvgIpc) is 2.91. The van der Waals surface area contributed by atoms with Crippen molar-refractivity contribution < 1.29 is 14.6 Å². The lowest BCUT2D eigenvalue weighted by molar-refractivity contribution is -0.134. The van der Waals surface area contributed by atoms with Gasteiger partial charge in [-0.1, -0.05) is 6.92 Å². The lowest BCUT2D eigenvalue weighted by Crippen LogP contribution is -2.52. The van der Waals surface area contributed by atoms with Crippen molar-refractivity contribution in [2.45, 2.75) is 77.2 Å². The number of methoxy groups -OCH3 is 1. The summed E-state index contributed by atoms with van der Waals surface area (Å²) in [6.07, 6.45) is 10.6. The van der Waals surface area contributed by atoms with Gasteiger partial charge in [0.1, 0.15) is 5.78 Å². The SMILES string of the molecule is COC[C@]1(O)CC[C@H]2[C@H](CC[C@@H]3[C@@H]2CC[C@]2(C)[C@@H](C(C)=O)CC[C@@H]32)C1. The van der Waals surface area contributed by atoms with Crippen molar-refractivity contribution in [3.8, 4) is 0 Å². The second-order valence-electron chi connectivity index (χ2n) is 10.1. The third kappa shape index (κ3) is 2.81. The Morgan fingerprint density at radius 1 is 1.04 bits per heavy atom. The summed E-state index contributed by atoms with van der Waals surface area (Å²) in [5.74, 6) is 4.67. The van der Waals surface area contributed by atoms with Crippen LogP contribution in [-0.2, 0) is 9.53 Å². The Morgan fingerprint density at radius 2 is 1.80 bits per heavy atom. The first kappa shape index (κ1) is 18.0. The molecular formula is C22H36O3. The van der Waals surface area contributed by atoms with Crippen LogP contribution in [0, 0.1) is 40.9 Å². The lowest BCUT2D eigenvalue weighted by atomic mass is 9.49. The summed E-state index contributed by atoms with van der Waals surface area (Å²) in [7, 11) is 1.70. The second-order valence-corrected chi connectivity index (χ2v) is 10.1. The Hall–Kier alpha value is -0.410. The molecule has 0 aromatic carbocycles. The van der Waals surface area contributed by atoms with Crippen molar-refractivity contribution in [3.05, 3.63) is 0 Å². The molecule has 25 heavy (non-hydrogen) atoms. The summed E-state index contributed by atoms with van der Waals surface area (Å²) < 4.78 is 5.29. The molecule has 8 atom stereocenters. The maximum absolute atomic E-state index is 12.2. The third-order valence-corrected chi connectivity index (χ3v) is 9.01. The molecule has 1 N–H and O–H groups in total. The van der Waals surface area contributed by atoms with Gasteiger partial charge in [-0.15, -0.1) is 0 Å². The first-order chi connectivity index (χ1) is 11.9. The molecule has 0 radical (unpaired) electrons. The highest BCUT2D eigenvalue weighted by atomic mass is 16.5. The maximum atomic E-state index is 12.2. The molecule has 0 aromatic rings. The quantitative estimate of drug-likeness (QED) is 0.830. The van der Waals surface area contributed by atoms with Gasteiger partial charge in [-0.25, -0.2) is 0 Å². The standard InChI is InChI=1S/C22H36O3/c1-14(23)19-6-7-20-18-5-4-15-12-22(24,13-25-3)11-9-16(15)17(18)8-10-21(19,20)2/h15-20,24H,4-13H2,1-3H3/t15-,16+,17-,18-,19-,20+,21-,22+/m1/s1. The minimum absolute atomic E-state index is 0.269. The summed E-state index contributed by atoms with van der Waals surface area (Å²) in [6.45, 7) is 4.74. The van der Waals surface area contributed by atoms with Crippen LogP contribution >= 0.6 is 0 Å². The van der Waals surface area contributed by atoms with Crippen LogP contribution in [0.1, 0.15) is 71.6 Å². The van der Waals surface area contributed by atoms with E-state index in [0.29, 0.717) is 24.2 Å². The maximum Gasteiger partial charge on any atom is 0.133 e. The molecule has 3 heteroatoms. The molecule has 3 nitrogen and oxygen atoms in total. The van der Waals surface area contributed by atoms with Crippen molar-refractivity contribution >= 4 is 5.78 Å². The third-order valence-electron chi connectivity index (χ3n) is 9.01. The fourth-order valence-corrected chi connectivity index (χ4v) is 8.03. The van der Waals surface area contributed by atoms with Crippen LogP contribution in [0.15, 0.2) is 0 Å². The number of hydrogen-bond donors (Lipinski definition) is 1. The predicted octanol–water partition coefficient (Wildman–Crippen LogP) is 4.22. The Labute approximate surface area is 152 Å². The molecule has 0 unspecified atom stereocenters. The van der Waals surface area contributed by atoms with Crippen LogP contribution in [0.3, 0.4) is 0 Å². The van der Waals surface area contributed by atoms with E-state index in [1.807, 2.05) is 6.92 Å². The van der Waals surface area contributed by atoms with Gasteiger partial charge in [-0.05, 0) is 99.7 Å². The van der Waals surface area contributed by atoms with Gasteiger partial charge < -0.3 is 9.84 Å². The van der Waals surface area contributed by atoms with E-state index in [1.54, 1.807) is 7.11 Å². The molecule has 4 aliphatic rings. The number of rotatable bonds is 3. The van der Waals surface area contributed by atoms with Crippen molar-refractivity contribution in [2.75, 3.05) is 13.7 Å². The van der Waals surface area contributed by atoms with E-state index >= 15 is 0 Å². The van der Waals surface area contributed by atoms with Crippen molar-refractivity contribution in [1.29, 1.82) is 0 Å². The second kappa shape index (κ2) is 6.34. The number of ether oxygens (including phenoxy) is 1. The van der Waals surface area contributed by atoms with E-state index in [4.69, 9.17) is 4.74 Å². The van der Waals surface area contributed by atoms with Gasteiger partial charge in [0.05, 0.1) is 12.2 Å². The summed E-state index contributed by atoms with van der Waals surface area (Å²) in [5.41, 5.74) is -0.315. The number of Topliss-reactive ketones (excluding diaryl/α,β-unsaturated/α-hetero) is 1. The number of ketones is 1. The average molecular weight is 349 g/mol. The molecule has 4 rings (SSSR count). The Bertz CT molecular complexity index is 531. The van der Waals surface area contributed by atoms with Gasteiger partial charge in [0.2, 0.25) is 0 Å². The fourth-order valence-electron chi connectivity index (χ4n) is 8.03. The van der Waals surface area contributed by atoms with Crippen LogP contribution in [0.4, 0.5) is 0 Å². The van der Waals surface area contributed by atoms with E-state index in [1.165, 1.54) is 38.5 Å². The van der Waals surface area contributed by atoms with Crippen molar-refractivity contribution in [1.82, 2.24) is 0 Å². The van der Waals surface area contributed by atoms with Crippen molar-refractivity contribution in [2.24, 2.45) is 40.9 Å². The summed E-state index contributed by atoms with van der Waals surface area (Å²) in [5, 5.41) is 10.8. The Morgan fingerprint density at radius 3 is 2.52 bits per heavy atom. The van der Waals surface area contributed by atoms with E-state index in [2.05, 4.69) is 6.92 Å². The lowest BCUT2D eigenvalue weighted by Gasteiger charge is -2.57. The zero-order valence-corrected chi connectivity index (χ0v) is 16.3. The summed E-state index contributed by atoms with van der Waals surface area (Å²) in [4.78, 5) is 12.2. The number of carbonyl (C=O) groups excluding carboxylic acids is 1. The number of aliphatic hydroxyl groups is 1. The molecule has 0 spiro atoms. The predicted molar refractivity (Wildman–Crippen MR) is 98.1 cm³/mol. The Balaban J connectivity index is 1.51. The van der Waals surface area contributed by atoms with Gasteiger partial charge in [-0.2, -0.15) is 0 Å². The number of fused-ring (bicyclic) bond motifs is 5. The van der Waals surface area contributed by atoms with Gasteiger partial charge in [0.25, 0.3) is 0 Å². The van der Waals surface area contributed by atoms with Crippen LogP contribution in [0.5, 0.6) is 0 Å². The minimum Gasteiger partial charge on any atom is -0.387 e. The molecule has 0 amide bonds. The molecule has 4 saturated carbocycles. The van der Waals surface area contributed by atoms with E-state index in [9.17, 15) is 9.90 Å². The highest BCUT2D eigenvalue weighted by Gasteiger charge is 2.58. The largest absolute Gasteiger partial charge is 0.387 e. The zero-order chi connectivity index (χ0) is 17.8. The van der Waals surface area contributed by atoms with Gasteiger partial charge in [-0.3, -0.25) is 4.79 Å². The zero-order valence-electron chi connectivity index (χ0n) is 16.3. The molecule has 0 aliphatic heterocycles. The first-order valence-corrected chi connectivity index (χ1v) is 10.6. The molecule has 0 bridgehead atoms. The van der Waals surface area contributed by atoms with Crippen molar-refractivity contribution in [3.63, 3.8) is 0 Å². The highest BCUT2D eigenvalue weighted by molar-refractivity contribution is 5.79. The minimum atomic E-state index is -0.584. The van der Waals surface area contributed by atoms with Crippen LogP contribution in [0.25, 0.3) is 0 Å². The van der Waals surface area contributed by atoms with Gasteiger partial charge in [0, 0.05) is 13.0 Å². The highest BCUT2D eigenvalue weighted by Crippen LogP contribution is 2.64. The van der Waals surface area contributed by atoms with Crippen LogP contribution in [-0.4, -0.2) is 30.2 Å². The molecule has 0 aromatic heterocycles. The van der Waals surface area contributed by atoms with Crippen LogP contribution < -0.4 is 0 Å². The molecule has 0 saturated heterocycles. The smallest absolute Gasteiger partial charge is 0.133 e. The van der Waals surface area contributed by atoms with E-state index in [-0.39, 0.29) is 5.41 Å². The summed E-state index contributed by atoms with van der Waals surface area (Å²) in [6, 6.07) is 0. The molecule has 4 aliphatic carbocycles.